The molecule has 3 aromatic rings. The first-order valence-corrected chi connectivity index (χ1v) is 7.17. The first kappa shape index (κ1) is 14.9. The van der Waals surface area contributed by atoms with Gasteiger partial charge in [-0.05, 0) is 39.0 Å². The molecule has 0 bridgehead atoms. The van der Waals surface area contributed by atoms with Gasteiger partial charge in [0, 0.05) is 17.4 Å². The third-order valence-electron chi connectivity index (χ3n) is 3.41. The van der Waals surface area contributed by atoms with E-state index in [2.05, 4.69) is 20.3 Å². The van der Waals surface area contributed by atoms with Crippen LogP contribution in [0.15, 0.2) is 41.1 Å². The Labute approximate surface area is 133 Å². The summed E-state index contributed by atoms with van der Waals surface area (Å²) in [5.74, 6) is 1.00. The zero-order valence-electron chi connectivity index (χ0n) is 13.1. The van der Waals surface area contributed by atoms with Gasteiger partial charge in [-0.15, -0.1) is 0 Å². The maximum absolute atomic E-state index is 12.2. The maximum Gasteiger partial charge on any atom is 0.275 e. The first-order valence-electron chi connectivity index (χ1n) is 7.17. The highest BCUT2D eigenvalue weighted by Gasteiger charge is 2.11. The van der Waals surface area contributed by atoms with Gasteiger partial charge in [-0.3, -0.25) is 9.78 Å². The standard InChI is InChI=1S/C17H16N4O2/c1-10-8-19-15(9-18-10)16(22)21-14-6-4-5-13(7-14)17-20-11(2)12(3)23-17/h4-9H,1-3H3,(H,21,22). The Bertz CT molecular complexity index is 834. The first-order chi connectivity index (χ1) is 11.0. The average molecular weight is 308 g/mol. The summed E-state index contributed by atoms with van der Waals surface area (Å²) in [6, 6.07) is 7.32. The van der Waals surface area contributed by atoms with E-state index >= 15 is 0 Å². The van der Waals surface area contributed by atoms with Gasteiger partial charge in [0.25, 0.3) is 5.91 Å². The molecule has 0 saturated carbocycles. The summed E-state index contributed by atoms with van der Waals surface area (Å²) in [4.78, 5) is 24.7. The molecule has 0 aliphatic heterocycles. The number of aryl methyl sites for hydroxylation is 3. The monoisotopic (exact) mass is 308 g/mol. The third-order valence-corrected chi connectivity index (χ3v) is 3.41. The molecule has 6 heteroatoms. The maximum atomic E-state index is 12.2. The van der Waals surface area contributed by atoms with E-state index < -0.39 is 0 Å². The van der Waals surface area contributed by atoms with Gasteiger partial charge in [0.15, 0.2) is 0 Å². The Hall–Kier alpha value is -3.02. The predicted octanol–water partition coefficient (Wildman–Crippen LogP) is 3.31. The number of carbonyl (C=O) groups is 1. The van der Waals surface area contributed by atoms with Gasteiger partial charge in [0.2, 0.25) is 5.89 Å². The van der Waals surface area contributed by atoms with E-state index in [0.717, 1.165) is 22.7 Å². The fourth-order valence-corrected chi connectivity index (χ4v) is 2.03. The van der Waals surface area contributed by atoms with E-state index in [1.807, 2.05) is 39.0 Å². The Morgan fingerprint density at radius 3 is 2.61 bits per heavy atom. The molecule has 3 rings (SSSR count). The van der Waals surface area contributed by atoms with E-state index in [9.17, 15) is 4.79 Å². The molecule has 116 valence electrons. The summed E-state index contributed by atoms with van der Waals surface area (Å²) in [5.41, 5.74) is 3.32. The van der Waals surface area contributed by atoms with Crippen molar-refractivity contribution in [3.05, 3.63) is 59.5 Å². The fraction of sp³-hybridized carbons (Fsp3) is 0.176. The minimum Gasteiger partial charge on any atom is -0.441 e. The average Bonchev–Trinajstić information content (AvgIpc) is 2.88. The Balaban J connectivity index is 1.82. The lowest BCUT2D eigenvalue weighted by atomic mass is 10.2. The molecule has 1 amide bonds. The second-order valence-corrected chi connectivity index (χ2v) is 5.24. The minimum atomic E-state index is -0.311. The van der Waals surface area contributed by atoms with Crippen molar-refractivity contribution in [2.24, 2.45) is 0 Å². The Morgan fingerprint density at radius 2 is 1.96 bits per heavy atom. The molecule has 0 atom stereocenters. The molecule has 6 nitrogen and oxygen atoms in total. The van der Waals surface area contributed by atoms with E-state index in [4.69, 9.17) is 4.42 Å². The summed E-state index contributed by atoms with van der Waals surface area (Å²) in [6.07, 6.45) is 3.01. The van der Waals surface area contributed by atoms with Gasteiger partial charge in [0.1, 0.15) is 11.5 Å². The molecule has 0 saturated heterocycles. The number of anilines is 1. The molecule has 0 unspecified atom stereocenters. The van der Waals surface area contributed by atoms with Crippen LogP contribution >= 0.6 is 0 Å². The van der Waals surface area contributed by atoms with Crippen LogP contribution in [0.5, 0.6) is 0 Å². The fourth-order valence-electron chi connectivity index (χ4n) is 2.03. The molecular weight excluding hydrogens is 292 g/mol. The van der Waals surface area contributed by atoms with E-state index in [0.29, 0.717) is 11.6 Å². The summed E-state index contributed by atoms with van der Waals surface area (Å²) in [7, 11) is 0. The predicted molar refractivity (Wildman–Crippen MR) is 86.1 cm³/mol. The Morgan fingerprint density at radius 1 is 1.13 bits per heavy atom. The second-order valence-electron chi connectivity index (χ2n) is 5.24. The molecule has 0 spiro atoms. The van der Waals surface area contributed by atoms with E-state index in [1.165, 1.54) is 6.20 Å². The van der Waals surface area contributed by atoms with Crippen molar-refractivity contribution in [3.63, 3.8) is 0 Å². The van der Waals surface area contributed by atoms with Crippen molar-refractivity contribution in [3.8, 4) is 11.5 Å². The van der Waals surface area contributed by atoms with Crippen molar-refractivity contribution in [1.29, 1.82) is 0 Å². The van der Waals surface area contributed by atoms with Gasteiger partial charge in [-0.2, -0.15) is 0 Å². The van der Waals surface area contributed by atoms with Crippen LogP contribution in [0.2, 0.25) is 0 Å². The molecule has 0 radical (unpaired) electrons. The molecule has 2 aromatic heterocycles. The lowest BCUT2D eigenvalue weighted by Gasteiger charge is -2.05. The largest absolute Gasteiger partial charge is 0.441 e. The van der Waals surface area contributed by atoms with E-state index in [-0.39, 0.29) is 11.6 Å². The topological polar surface area (TPSA) is 80.9 Å². The number of hydrogen-bond donors (Lipinski definition) is 1. The van der Waals surface area contributed by atoms with Gasteiger partial charge >= 0.3 is 0 Å². The zero-order valence-corrected chi connectivity index (χ0v) is 13.1. The quantitative estimate of drug-likeness (QED) is 0.803. The highest BCUT2D eigenvalue weighted by molar-refractivity contribution is 6.02. The minimum absolute atomic E-state index is 0.267. The van der Waals surface area contributed by atoms with Gasteiger partial charge in [-0.25, -0.2) is 9.97 Å². The van der Waals surface area contributed by atoms with Crippen LogP contribution in [0.3, 0.4) is 0 Å². The summed E-state index contributed by atoms with van der Waals surface area (Å²) < 4.78 is 5.61. The van der Waals surface area contributed by atoms with Crippen LogP contribution in [-0.4, -0.2) is 20.9 Å². The molecular formula is C17H16N4O2. The van der Waals surface area contributed by atoms with Crippen LogP contribution in [0.25, 0.3) is 11.5 Å². The number of amides is 1. The van der Waals surface area contributed by atoms with Gasteiger partial charge in [0.05, 0.1) is 17.6 Å². The van der Waals surface area contributed by atoms with Crippen molar-refractivity contribution < 1.29 is 9.21 Å². The number of rotatable bonds is 3. The number of oxazole rings is 1. The normalized spacial score (nSPS) is 10.6. The lowest BCUT2D eigenvalue weighted by Crippen LogP contribution is -2.14. The summed E-state index contributed by atoms with van der Waals surface area (Å²) >= 11 is 0. The van der Waals surface area contributed by atoms with Crippen LogP contribution in [0.4, 0.5) is 5.69 Å². The molecule has 0 aliphatic carbocycles. The zero-order chi connectivity index (χ0) is 16.4. The molecule has 1 aromatic carbocycles. The van der Waals surface area contributed by atoms with Crippen LogP contribution in [0.1, 0.15) is 27.6 Å². The highest BCUT2D eigenvalue weighted by Crippen LogP contribution is 2.24. The lowest BCUT2D eigenvalue weighted by molar-refractivity contribution is 0.102. The number of benzene rings is 1. The number of nitrogens with zero attached hydrogens (tertiary/aromatic N) is 3. The number of carbonyl (C=O) groups excluding carboxylic acids is 1. The van der Waals surface area contributed by atoms with E-state index in [1.54, 1.807) is 12.3 Å². The second kappa shape index (κ2) is 6.00. The molecule has 2 heterocycles. The van der Waals surface area contributed by atoms with Crippen molar-refractivity contribution in [1.82, 2.24) is 15.0 Å². The molecule has 0 aliphatic rings. The SMILES string of the molecule is Cc1cnc(C(=O)Nc2cccc(-c3nc(C)c(C)o3)c2)cn1. The number of aromatic nitrogens is 3. The van der Waals surface area contributed by atoms with Crippen LogP contribution < -0.4 is 5.32 Å². The van der Waals surface area contributed by atoms with Crippen LogP contribution in [-0.2, 0) is 0 Å². The van der Waals surface area contributed by atoms with Crippen molar-refractivity contribution in [2.75, 3.05) is 5.32 Å². The molecule has 1 N–H and O–H groups in total. The highest BCUT2D eigenvalue weighted by atomic mass is 16.4. The van der Waals surface area contributed by atoms with Gasteiger partial charge in [-0.1, -0.05) is 6.07 Å². The van der Waals surface area contributed by atoms with Crippen molar-refractivity contribution >= 4 is 11.6 Å². The molecule has 23 heavy (non-hydrogen) atoms. The number of hydrogen-bond acceptors (Lipinski definition) is 5. The molecule has 0 fully saturated rings. The third kappa shape index (κ3) is 3.26. The Kier molecular flexibility index (Phi) is 3.89. The van der Waals surface area contributed by atoms with Gasteiger partial charge < -0.3 is 9.73 Å². The van der Waals surface area contributed by atoms with Crippen molar-refractivity contribution in [2.45, 2.75) is 20.8 Å². The van der Waals surface area contributed by atoms with Crippen LogP contribution in [0, 0.1) is 20.8 Å². The number of nitrogens with one attached hydrogen (secondary N) is 1. The summed E-state index contributed by atoms with van der Waals surface area (Å²) in [6.45, 7) is 5.58. The summed E-state index contributed by atoms with van der Waals surface area (Å²) in [5, 5.41) is 2.80. The smallest absolute Gasteiger partial charge is 0.275 e.